The Morgan fingerprint density at radius 2 is 1.61 bits per heavy atom. The van der Waals surface area contributed by atoms with Gasteiger partial charge >= 0.3 is 0 Å². The summed E-state index contributed by atoms with van der Waals surface area (Å²) in [4.78, 5) is 12.4. The van der Waals surface area contributed by atoms with E-state index < -0.39 is 0 Å². The van der Waals surface area contributed by atoms with Gasteiger partial charge in [0.25, 0.3) is 5.91 Å². The fourth-order valence-corrected chi connectivity index (χ4v) is 2.39. The highest BCUT2D eigenvalue weighted by Crippen LogP contribution is 2.23. The molecule has 0 radical (unpaired) electrons. The van der Waals surface area contributed by atoms with Gasteiger partial charge < -0.3 is 11.1 Å². The minimum atomic E-state index is -0.165. The number of aryl methyl sites for hydroxylation is 1. The van der Waals surface area contributed by atoms with Crippen LogP contribution in [-0.2, 0) is 0 Å². The van der Waals surface area contributed by atoms with Crippen LogP contribution in [0.15, 0.2) is 72.8 Å². The molecule has 0 aliphatic rings. The molecule has 0 heterocycles. The molecule has 1 amide bonds. The van der Waals surface area contributed by atoms with Crippen molar-refractivity contribution in [3.8, 4) is 11.1 Å². The van der Waals surface area contributed by atoms with Gasteiger partial charge in [-0.15, -0.1) is 0 Å². The maximum atomic E-state index is 12.4. The summed E-state index contributed by atoms with van der Waals surface area (Å²) in [5.74, 6) is -0.165. The molecule has 23 heavy (non-hydrogen) atoms. The number of rotatable bonds is 3. The molecule has 114 valence electrons. The molecule has 0 atom stereocenters. The minimum Gasteiger partial charge on any atom is -0.398 e. The summed E-state index contributed by atoms with van der Waals surface area (Å²) in [5.41, 5.74) is 10.9. The lowest BCUT2D eigenvalue weighted by molar-refractivity contribution is 0.102. The Morgan fingerprint density at radius 3 is 2.35 bits per heavy atom. The van der Waals surface area contributed by atoms with Crippen molar-refractivity contribution in [1.82, 2.24) is 0 Å². The molecular formula is C20H18N2O. The SMILES string of the molecule is Cc1ccc(C(=O)Nc2cccc(-c3ccccc3)c2)cc1N. The summed E-state index contributed by atoms with van der Waals surface area (Å²) >= 11 is 0. The quantitative estimate of drug-likeness (QED) is 0.700. The second-order valence-electron chi connectivity index (χ2n) is 5.47. The zero-order valence-electron chi connectivity index (χ0n) is 12.9. The maximum Gasteiger partial charge on any atom is 0.255 e. The fourth-order valence-electron chi connectivity index (χ4n) is 2.39. The molecule has 0 saturated carbocycles. The average Bonchev–Trinajstić information content (AvgIpc) is 2.58. The van der Waals surface area contributed by atoms with E-state index >= 15 is 0 Å². The smallest absolute Gasteiger partial charge is 0.255 e. The normalized spacial score (nSPS) is 10.3. The van der Waals surface area contributed by atoms with Crippen LogP contribution in [0.5, 0.6) is 0 Å². The number of benzene rings is 3. The first-order valence-electron chi connectivity index (χ1n) is 7.46. The Kier molecular flexibility index (Phi) is 4.11. The Hall–Kier alpha value is -3.07. The van der Waals surface area contributed by atoms with Gasteiger partial charge in [0.2, 0.25) is 0 Å². The van der Waals surface area contributed by atoms with Crippen molar-refractivity contribution in [2.75, 3.05) is 11.1 Å². The molecule has 3 aromatic rings. The summed E-state index contributed by atoms with van der Waals surface area (Å²) in [5, 5.41) is 2.92. The molecule has 3 heteroatoms. The van der Waals surface area contributed by atoms with Crippen molar-refractivity contribution >= 4 is 17.3 Å². The van der Waals surface area contributed by atoms with Crippen LogP contribution in [0.3, 0.4) is 0 Å². The van der Waals surface area contributed by atoms with Crippen molar-refractivity contribution in [2.24, 2.45) is 0 Å². The monoisotopic (exact) mass is 302 g/mol. The molecule has 3 rings (SSSR count). The minimum absolute atomic E-state index is 0.165. The first-order valence-corrected chi connectivity index (χ1v) is 7.46. The van der Waals surface area contributed by atoms with Gasteiger partial charge in [-0.05, 0) is 47.9 Å². The van der Waals surface area contributed by atoms with Gasteiger partial charge in [0.15, 0.2) is 0 Å². The summed E-state index contributed by atoms with van der Waals surface area (Å²) in [6.07, 6.45) is 0. The van der Waals surface area contributed by atoms with E-state index in [-0.39, 0.29) is 5.91 Å². The van der Waals surface area contributed by atoms with E-state index in [0.29, 0.717) is 11.3 Å². The predicted molar refractivity (Wildman–Crippen MR) is 95.4 cm³/mol. The van der Waals surface area contributed by atoms with Gasteiger partial charge in [-0.25, -0.2) is 0 Å². The number of anilines is 2. The number of nitrogens with one attached hydrogen (secondary N) is 1. The van der Waals surface area contributed by atoms with Gasteiger partial charge in [0.05, 0.1) is 0 Å². The van der Waals surface area contributed by atoms with E-state index in [2.05, 4.69) is 5.32 Å². The van der Waals surface area contributed by atoms with Gasteiger partial charge in [0.1, 0.15) is 0 Å². The lowest BCUT2D eigenvalue weighted by Crippen LogP contribution is -2.12. The molecule has 0 spiro atoms. The summed E-state index contributed by atoms with van der Waals surface area (Å²) in [6.45, 7) is 1.92. The Bertz CT molecular complexity index is 841. The predicted octanol–water partition coefficient (Wildman–Crippen LogP) is 4.50. The van der Waals surface area contributed by atoms with Crippen LogP contribution in [0.2, 0.25) is 0 Å². The summed E-state index contributed by atoms with van der Waals surface area (Å²) in [6, 6.07) is 23.2. The highest BCUT2D eigenvalue weighted by Gasteiger charge is 2.08. The van der Waals surface area contributed by atoms with Crippen LogP contribution in [0.1, 0.15) is 15.9 Å². The third-order valence-corrected chi connectivity index (χ3v) is 3.77. The molecular weight excluding hydrogens is 284 g/mol. The maximum absolute atomic E-state index is 12.4. The van der Waals surface area contributed by atoms with E-state index in [1.165, 1.54) is 0 Å². The van der Waals surface area contributed by atoms with Crippen LogP contribution in [0, 0.1) is 6.92 Å². The van der Waals surface area contributed by atoms with E-state index in [0.717, 1.165) is 22.4 Å². The Labute approximate surface area is 135 Å². The van der Waals surface area contributed by atoms with Gasteiger partial charge in [-0.3, -0.25) is 4.79 Å². The van der Waals surface area contributed by atoms with Gasteiger partial charge in [-0.2, -0.15) is 0 Å². The van der Waals surface area contributed by atoms with Crippen molar-refractivity contribution in [1.29, 1.82) is 0 Å². The Balaban J connectivity index is 1.83. The zero-order chi connectivity index (χ0) is 16.2. The number of carbonyl (C=O) groups excluding carboxylic acids is 1. The summed E-state index contributed by atoms with van der Waals surface area (Å²) in [7, 11) is 0. The fraction of sp³-hybridized carbons (Fsp3) is 0.0500. The van der Waals surface area contributed by atoms with Crippen LogP contribution < -0.4 is 11.1 Å². The largest absolute Gasteiger partial charge is 0.398 e. The number of amides is 1. The van der Waals surface area contributed by atoms with Gasteiger partial charge in [-0.1, -0.05) is 48.5 Å². The molecule has 0 saturated heterocycles. The molecule has 0 bridgehead atoms. The third kappa shape index (κ3) is 3.40. The number of carbonyl (C=O) groups is 1. The standard InChI is InChI=1S/C20H18N2O/c1-14-10-11-17(13-19(14)21)20(23)22-18-9-5-8-16(12-18)15-6-3-2-4-7-15/h2-13H,21H2,1H3,(H,22,23). The average molecular weight is 302 g/mol. The van der Waals surface area contributed by atoms with Gasteiger partial charge in [0, 0.05) is 16.9 Å². The number of hydrogen-bond donors (Lipinski definition) is 2. The van der Waals surface area contributed by atoms with Crippen LogP contribution in [-0.4, -0.2) is 5.91 Å². The van der Waals surface area contributed by atoms with Crippen molar-refractivity contribution in [3.05, 3.63) is 83.9 Å². The molecule has 0 aliphatic heterocycles. The summed E-state index contributed by atoms with van der Waals surface area (Å²) < 4.78 is 0. The van der Waals surface area contributed by atoms with E-state index in [1.54, 1.807) is 12.1 Å². The lowest BCUT2D eigenvalue weighted by atomic mass is 10.1. The second kappa shape index (κ2) is 6.36. The van der Waals surface area contributed by atoms with Crippen LogP contribution in [0.25, 0.3) is 11.1 Å². The van der Waals surface area contributed by atoms with Crippen LogP contribution >= 0.6 is 0 Å². The number of hydrogen-bond acceptors (Lipinski definition) is 2. The number of nitrogens with two attached hydrogens (primary N) is 1. The lowest BCUT2D eigenvalue weighted by Gasteiger charge is -2.09. The molecule has 3 N–H and O–H groups in total. The molecule has 0 aromatic heterocycles. The van der Waals surface area contributed by atoms with E-state index in [1.807, 2.05) is 67.6 Å². The first kappa shape index (κ1) is 14.9. The highest BCUT2D eigenvalue weighted by atomic mass is 16.1. The first-order chi connectivity index (χ1) is 11.1. The van der Waals surface area contributed by atoms with E-state index in [9.17, 15) is 4.79 Å². The molecule has 0 aliphatic carbocycles. The third-order valence-electron chi connectivity index (χ3n) is 3.77. The molecule has 3 nitrogen and oxygen atoms in total. The molecule has 0 unspecified atom stereocenters. The second-order valence-corrected chi connectivity index (χ2v) is 5.47. The zero-order valence-corrected chi connectivity index (χ0v) is 12.9. The molecule has 0 fully saturated rings. The molecule has 3 aromatic carbocycles. The number of nitrogen functional groups attached to an aromatic ring is 1. The highest BCUT2D eigenvalue weighted by molar-refractivity contribution is 6.05. The topological polar surface area (TPSA) is 55.1 Å². The van der Waals surface area contributed by atoms with Crippen molar-refractivity contribution in [2.45, 2.75) is 6.92 Å². The van der Waals surface area contributed by atoms with Crippen molar-refractivity contribution < 1.29 is 4.79 Å². The Morgan fingerprint density at radius 1 is 0.870 bits per heavy atom. The van der Waals surface area contributed by atoms with Crippen LogP contribution in [0.4, 0.5) is 11.4 Å². The van der Waals surface area contributed by atoms with E-state index in [4.69, 9.17) is 5.73 Å². The van der Waals surface area contributed by atoms with Crippen molar-refractivity contribution in [3.63, 3.8) is 0 Å².